The minimum Gasteiger partial charge on any atom is -0.298 e. The second-order valence-electron chi connectivity index (χ2n) is 5.93. The Balaban J connectivity index is 1.54. The van der Waals surface area contributed by atoms with Gasteiger partial charge in [0.15, 0.2) is 0 Å². The fourth-order valence-electron chi connectivity index (χ4n) is 3.07. The normalized spacial score (nSPS) is 20.3. The van der Waals surface area contributed by atoms with Gasteiger partial charge in [-0.3, -0.25) is 13.8 Å². The summed E-state index contributed by atoms with van der Waals surface area (Å²) < 4.78 is 14.4. The Kier molecular flexibility index (Phi) is 5.05. The van der Waals surface area contributed by atoms with Gasteiger partial charge in [-0.2, -0.15) is 5.10 Å². The number of benzene rings is 1. The molecule has 0 radical (unpaired) electrons. The van der Waals surface area contributed by atoms with Crippen LogP contribution in [0, 0.1) is 6.92 Å². The van der Waals surface area contributed by atoms with E-state index in [9.17, 15) is 4.21 Å². The SMILES string of the molecule is Cc1cnn(C[C@H]2CCCN2CC[S@@](=O)c2ccccc2)c1. The first-order valence-electron chi connectivity index (χ1n) is 7.89. The molecule has 0 amide bonds. The summed E-state index contributed by atoms with van der Waals surface area (Å²) in [6.45, 7) is 5.01. The van der Waals surface area contributed by atoms with E-state index < -0.39 is 10.8 Å². The fraction of sp³-hybridized carbons (Fsp3) is 0.471. The van der Waals surface area contributed by atoms with E-state index in [2.05, 4.69) is 23.1 Å². The molecule has 1 aliphatic rings. The molecule has 2 atom stereocenters. The van der Waals surface area contributed by atoms with E-state index in [0.29, 0.717) is 11.8 Å². The van der Waals surface area contributed by atoms with Gasteiger partial charge in [0, 0.05) is 29.4 Å². The molecule has 0 bridgehead atoms. The Morgan fingerprint density at radius 3 is 2.86 bits per heavy atom. The molecule has 1 aromatic carbocycles. The van der Waals surface area contributed by atoms with Gasteiger partial charge in [-0.15, -0.1) is 0 Å². The highest BCUT2D eigenvalue weighted by molar-refractivity contribution is 7.85. The standard InChI is InChI=1S/C17H23N3OS/c1-15-12-18-20(13-15)14-16-6-5-9-19(16)10-11-22(21)17-7-3-2-4-8-17/h2-4,7-8,12-13,16H,5-6,9-11,14H2,1H3/t16-,22-/m1/s1. The highest BCUT2D eigenvalue weighted by Crippen LogP contribution is 2.19. The minimum atomic E-state index is -0.901. The van der Waals surface area contributed by atoms with Crippen molar-refractivity contribution in [3.63, 3.8) is 0 Å². The molecule has 0 aliphatic carbocycles. The summed E-state index contributed by atoms with van der Waals surface area (Å²) >= 11 is 0. The lowest BCUT2D eigenvalue weighted by atomic mass is 10.2. The van der Waals surface area contributed by atoms with Gasteiger partial charge < -0.3 is 0 Å². The second-order valence-corrected chi connectivity index (χ2v) is 7.51. The number of rotatable bonds is 6. The van der Waals surface area contributed by atoms with Crippen molar-refractivity contribution in [1.29, 1.82) is 0 Å². The average Bonchev–Trinajstić information content (AvgIpc) is 3.15. The van der Waals surface area contributed by atoms with Crippen LogP contribution in [0.1, 0.15) is 18.4 Å². The number of hydrogen-bond donors (Lipinski definition) is 0. The fourth-order valence-corrected chi connectivity index (χ4v) is 4.17. The van der Waals surface area contributed by atoms with Gasteiger partial charge in [-0.25, -0.2) is 0 Å². The Bertz CT molecular complexity index is 626. The van der Waals surface area contributed by atoms with E-state index in [1.165, 1.54) is 18.4 Å². The van der Waals surface area contributed by atoms with Crippen molar-refractivity contribution < 1.29 is 4.21 Å². The molecule has 1 aliphatic heterocycles. The monoisotopic (exact) mass is 317 g/mol. The van der Waals surface area contributed by atoms with Gasteiger partial charge in [0.05, 0.1) is 23.5 Å². The first kappa shape index (κ1) is 15.4. The number of aromatic nitrogens is 2. The van der Waals surface area contributed by atoms with Crippen LogP contribution in [0.4, 0.5) is 0 Å². The number of aryl methyl sites for hydroxylation is 1. The Labute approximate surface area is 134 Å². The van der Waals surface area contributed by atoms with Crippen molar-refractivity contribution in [1.82, 2.24) is 14.7 Å². The molecule has 5 heteroatoms. The van der Waals surface area contributed by atoms with Gasteiger partial charge in [0.2, 0.25) is 0 Å². The smallest absolute Gasteiger partial charge is 0.0565 e. The largest absolute Gasteiger partial charge is 0.298 e. The highest BCUT2D eigenvalue weighted by atomic mass is 32.2. The van der Waals surface area contributed by atoms with Crippen molar-refractivity contribution in [2.75, 3.05) is 18.8 Å². The zero-order valence-corrected chi connectivity index (χ0v) is 13.8. The molecule has 2 heterocycles. The van der Waals surface area contributed by atoms with Crippen LogP contribution in [0.2, 0.25) is 0 Å². The summed E-state index contributed by atoms with van der Waals surface area (Å²) in [6.07, 6.45) is 6.43. The Morgan fingerprint density at radius 2 is 2.14 bits per heavy atom. The van der Waals surface area contributed by atoms with E-state index in [0.717, 1.165) is 24.5 Å². The van der Waals surface area contributed by atoms with Crippen molar-refractivity contribution in [2.45, 2.75) is 37.2 Å². The lowest BCUT2D eigenvalue weighted by Gasteiger charge is -2.24. The van der Waals surface area contributed by atoms with Crippen LogP contribution in [-0.2, 0) is 17.3 Å². The molecule has 118 valence electrons. The summed E-state index contributed by atoms with van der Waals surface area (Å²) in [5, 5.41) is 4.39. The molecule has 3 rings (SSSR count). The summed E-state index contributed by atoms with van der Waals surface area (Å²) in [4.78, 5) is 3.40. The quantitative estimate of drug-likeness (QED) is 0.821. The summed E-state index contributed by atoms with van der Waals surface area (Å²) in [7, 11) is -0.901. The maximum atomic E-state index is 12.3. The maximum Gasteiger partial charge on any atom is 0.0565 e. The van der Waals surface area contributed by atoms with Crippen molar-refractivity contribution in [3.05, 3.63) is 48.3 Å². The first-order chi connectivity index (χ1) is 10.7. The highest BCUT2D eigenvalue weighted by Gasteiger charge is 2.25. The lowest BCUT2D eigenvalue weighted by molar-refractivity contribution is 0.240. The van der Waals surface area contributed by atoms with Crippen LogP contribution in [0.5, 0.6) is 0 Å². The summed E-state index contributed by atoms with van der Waals surface area (Å²) in [6, 6.07) is 10.3. The molecular weight excluding hydrogens is 294 g/mol. The van der Waals surface area contributed by atoms with E-state index in [4.69, 9.17) is 0 Å². The molecule has 0 saturated carbocycles. The average molecular weight is 317 g/mol. The Hall–Kier alpha value is -1.46. The van der Waals surface area contributed by atoms with Crippen LogP contribution in [0.3, 0.4) is 0 Å². The molecule has 4 nitrogen and oxygen atoms in total. The zero-order chi connectivity index (χ0) is 15.4. The predicted molar refractivity (Wildman–Crippen MR) is 89.3 cm³/mol. The third kappa shape index (κ3) is 3.84. The van der Waals surface area contributed by atoms with E-state index in [1.807, 2.05) is 41.2 Å². The van der Waals surface area contributed by atoms with E-state index in [1.54, 1.807) is 0 Å². The van der Waals surface area contributed by atoms with Crippen LogP contribution < -0.4 is 0 Å². The van der Waals surface area contributed by atoms with Crippen molar-refractivity contribution >= 4 is 10.8 Å². The van der Waals surface area contributed by atoms with Gasteiger partial charge in [-0.05, 0) is 44.0 Å². The van der Waals surface area contributed by atoms with Gasteiger partial charge in [-0.1, -0.05) is 18.2 Å². The third-order valence-electron chi connectivity index (χ3n) is 4.23. The molecule has 2 aromatic rings. The minimum absolute atomic E-state index is 0.520. The van der Waals surface area contributed by atoms with Gasteiger partial charge in [0.25, 0.3) is 0 Å². The maximum absolute atomic E-state index is 12.3. The molecule has 1 aromatic heterocycles. The second kappa shape index (κ2) is 7.20. The zero-order valence-electron chi connectivity index (χ0n) is 13.0. The topological polar surface area (TPSA) is 38.1 Å². The molecule has 22 heavy (non-hydrogen) atoms. The first-order valence-corrected chi connectivity index (χ1v) is 9.21. The van der Waals surface area contributed by atoms with Crippen LogP contribution in [-0.4, -0.2) is 43.8 Å². The van der Waals surface area contributed by atoms with Gasteiger partial charge >= 0.3 is 0 Å². The van der Waals surface area contributed by atoms with Crippen molar-refractivity contribution in [2.24, 2.45) is 0 Å². The summed E-state index contributed by atoms with van der Waals surface area (Å²) in [5.41, 5.74) is 1.20. The molecular formula is C17H23N3OS. The van der Waals surface area contributed by atoms with Crippen LogP contribution in [0.15, 0.2) is 47.6 Å². The third-order valence-corrected chi connectivity index (χ3v) is 5.58. The van der Waals surface area contributed by atoms with Crippen molar-refractivity contribution in [3.8, 4) is 0 Å². The lowest BCUT2D eigenvalue weighted by Crippen LogP contribution is -2.35. The molecule has 1 fully saturated rings. The van der Waals surface area contributed by atoms with Crippen LogP contribution in [0.25, 0.3) is 0 Å². The van der Waals surface area contributed by atoms with Crippen LogP contribution >= 0.6 is 0 Å². The number of hydrogen-bond acceptors (Lipinski definition) is 3. The summed E-state index contributed by atoms with van der Waals surface area (Å²) in [5.74, 6) is 0.707. The Morgan fingerprint density at radius 1 is 1.32 bits per heavy atom. The number of nitrogens with zero attached hydrogens (tertiary/aromatic N) is 3. The predicted octanol–water partition coefficient (Wildman–Crippen LogP) is 2.46. The van der Waals surface area contributed by atoms with Gasteiger partial charge in [0.1, 0.15) is 0 Å². The molecule has 0 unspecified atom stereocenters. The molecule has 1 saturated heterocycles. The number of likely N-dealkylation sites (tertiary alicyclic amines) is 1. The van der Waals surface area contributed by atoms with E-state index >= 15 is 0 Å². The molecule has 0 N–H and O–H groups in total. The molecule has 0 spiro atoms. The van der Waals surface area contributed by atoms with E-state index in [-0.39, 0.29) is 0 Å².